The molecule has 112 valence electrons. The van der Waals surface area contributed by atoms with Crippen molar-refractivity contribution in [1.29, 1.82) is 0 Å². The van der Waals surface area contributed by atoms with Gasteiger partial charge in [-0.15, -0.1) is 0 Å². The largest absolute Gasteiger partial charge is 0.307 e. The van der Waals surface area contributed by atoms with Crippen LogP contribution in [0.4, 0.5) is 0 Å². The van der Waals surface area contributed by atoms with Gasteiger partial charge in [-0.1, -0.05) is 70.4 Å². The van der Waals surface area contributed by atoms with Gasteiger partial charge in [0.05, 0.1) is 0 Å². The maximum Gasteiger partial charge on any atom is 0.0322 e. The summed E-state index contributed by atoms with van der Waals surface area (Å²) in [6.45, 7) is 7.11. The molecule has 1 heteroatoms. The van der Waals surface area contributed by atoms with E-state index in [9.17, 15) is 0 Å². The van der Waals surface area contributed by atoms with Crippen LogP contribution in [0.2, 0.25) is 0 Å². The molecule has 1 aliphatic carbocycles. The van der Waals surface area contributed by atoms with Gasteiger partial charge in [-0.2, -0.15) is 0 Å². The third kappa shape index (κ3) is 4.09. The Morgan fingerprint density at radius 2 is 1.85 bits per heavy atom. The van der Waals surface area contributed by atoms with Crippen molar-refractivity contribution in [2.45, 2.75) is 71.4 Å². The molecule has 0 saturated heterocycles. The molecule has 1 aromatic rings. The number of hydrogen-bond donors (Lipinski definition) is 1. The average molecular weight is 273 g/mol. The summed E-state index contributed by atoms with van der Waals surface area (Å²) < 4.78 is 0. The maximum absolute atomic E-state index is 3.97. The average Bonchev–Trinajstić information content (AvgIpc) is 2.79. The van der Waals surface area contributed by atoms with Crippen LogP contribution in [0, 0.1) is 11.8 Å². The highest BCUT2D eigenvalue weighted by Gasteiger charge is 2.31. The van der Waals surface area contributed by atoms with Crippen LogP contribution in [0.5, 0.6) is 0 Å². The van der Waals surface area contributed by atoms with Crippen LogP contribution in [-0.4, -0.2) is 6.04 Å². The highest BCUT2D eigenvalue weighted by atomic mass is 15.0. The van der Waals surface area contributed by atoms with Crippen LogP contribution in [0.3, 0.4) is 0 Å². The second kappa shape index (κ2) is 7.83. The van der Waals surface area contributed by atoms with Crippen LogP contribution < -0.4 is 5.32 Å². The van der Waals surface area contributed by atoms with E-state index in [1.54, 1.807) is 0 Å². The zero-order valence-corrected chi connectivity index (χ0v) is 13.4. The predicted molar refractivity (Wildman–Crippen MR) is 87.8 cm³/mol. The van der Waals surface area contributed by atoms with Gasteiger partial charge in [0.25, 0.3) is 0 Å². The first-order chi connectivity index (χ1) is 9.72. The fourth-order valence-corrected chi connectivity index (χ4v) is 3.49. The Morgan fingerprint density at radius 3 is 2.45 bits per heavy atom. The Labute approximate surface area is 125 Å². The Morgan fingerprint density at radius 1 is 1.10 bits per heavy atom. The summed E-state index contributed by atoms with van der Waals surface area (Å²) in [7, 11) is 0. The molecule has 0 radical (unpaired) electrons. The van der Waals surface area contributed by atoms with Crippen molar-refractivity contribution in [2.75, 3.05) is 0 Å². The first kappa shape index (κ1) is 15.6. The van der Waals surface area contributed by atoms with Gasteiger partial charge < -0.3 is 5.32 Å². The lowest BCUT2D eigenvalue weighted by Gasteiger charge is -2.27. The van der Waals surface area contributed by atoms with E-state index in [0.717, 1.165) is 11.8 Å². The molecule has 0 spiro atoms. The summed E-state index contributed by atoms with van der Waals surface area (Å²) in [5.74, 6) is 1.69. The number of nitrogens with one attached hydrogen (secondary N) is 1. The molecule has 0 heterocycles. The van der Waals surface area contributed by atoms with Crippen molar-refractivity contribution >= 4 is 0 Å². The highest BCUT2D eigenvalue weighted by Crippen LogP contribution is 2.33. The molecule has 0 amide bonds. The lowest BCUT2D eigenvalue weighted by Crippen LogP contribution is -2.35. The molecule has 0 aliphatic heterocycles. The number of rotatable bonds is 7. The molecule has 1 saturated carbocycles. The monoisotopic (exact) mass is 273 g/mol. The van der Waals surface area contributed by atoms with E-state index < -0.39 is 0 Å². The second-order valence-corrected chi connectivity index (χ2v) is 6.65. The van der Waals surface area contributed by atoms with Gasteiger partial charge in [-0.3, -0.25) is 0 Å². The molecule has 4 atom stereocenters. The normalized spacial score (nSPS) is 27.6. The zero-order chi connectivity index (χ0) is 14.4. The van der Waals surface area contributed by atoms with Crippen molar-refractivity contribution in [3.8, 4) is 0 Å². The molecule has 1 fully saturated rings. The Balaban J connectivity index is 1.99. The summed E-state index contributed by atoms with van der Waals surface area (Å²) >= 11 is 0. The van der Waals surface area contributed by atoms with Gasteiger partial charge >= 0.3 is 0 Å². The lowest BCUT2D eigenvalue weighted by molar-refractivity contribution is 0.327. The Kier molecular flexibility index (Phi) is 6.09. The van der Waals surface area contributed by atoms with E-state index in [2.05, 4.69) is 56.4 Å². The van der Waals surface area contributed by atoms with Gasteiger partial charge in [0.2, 0.25) is 0 Å². The molecule has 20 heavy (non-hydrogen) atoms. The third-order valence-corrected chi connectivity index (χ3v) is 5.18. The molecular weight excluding hydrogens is 242 g/mol. The quantitative estimate of drug-likeness (QED) is 0.662. The van der Waals surface area contributed by atoms with Crippen LogP contribution >= 0.6 is 0 Å². The molecule has 0 bridgehead atoms. The molecule has 0 aromatic heterocycles. The second-order valence-electron chi connectivity index (χ2n) is 6.65. The van der Waals surface area contributed by atoms with Crippen LogP contribution in [-0.2, 0) is 0 Å². The first-order valence-corrected chi connectivity index (χ1v) is 8.53. The fourth-order valence-electron chi connectivity index (χ4n) is 3.49. The molecular formula is C19H31N. The minimum absolute atomic E-state index is 0.542. The van der Waals surface area contributed by atoms with Crippen molar-refractivity contribution in [1.82, 2.24) is 5.32 Å². The summed E-state index contributed by atoms with van der Waals surface area (Å²) in [6, 6.07) is 12.3. The van der Waals surface area contributed by atoms with Crippen molar-refractivity contribution in [3.63, 3.8) is 0 Å². The van der Waals surface area contributed by atoms with Gasteiger partial charge in [0.15, 0.2) is 0 Å². The Bertz CT molecular complexity index is 373. The molecule has 1 nitrogen and oxygen atoms in total. The lowest BCUT2D eigenvalue weighted by atomic mass is 9.94. The summed E-state index contributed by atoms with van der Waals surface area (Å²) in [6.07, 6.45) is 7.99. The number of hydrogen-bond acceptors (Lipinski definition) is 1. The fraction of sp³-hybridized carbons (Fsp3) is 0.684. The maximum atomic E-state index is 3.97. The Hall–Kier alpha value is -0.820. The number of benzene rings is 1. The molecule has 1 aliphatic rings. The van der Waals surface area contributed by atoms with Crippen LogP contribution in [0.1, 0.15) is 70.9 Å². The van der Waals surface area contributed by atoms with Gasteiger partial charge in [0, 0.05) is 12.1 Å². The highest BCUT2D eigenvalue weighted by molar-refractivity contribution is 5.19. The van der Waals surface area contributed by atoms with Crippen LogP contribution in [0.25, 0.3) is 0 Å². The van der Waals surface area contributed by atoms with Crippen LogP contribution in [0.15, 0.2) is 30.3 Å². The van der Waals surface area contributed by atoms with E-state index in [1.807, 2.05) is 0 Å². The molecule has 1 aromatic carbocycles. The van der Waals surface area contributed by atoms with Gasteiger partial charge in [-0.25, -0.2) is 0 Å². The van der Waals surface area contributed by atoms with E-state index in [1.165, 1.54) is 44.1 Å². The van der Waals surface area contributed by atoms with Crippen molar-refractivity contribution < 1.29 is 0 Å². The minimum atomic E-state index is 0.542. The summed E-state index contributed by atoms with van der Waals surface area (Å²) in [4.78, 5) is 0. The zero-order valence-electron chi connectivity index (χ0n) is 13.4. The first-order valence-electron chi connectivity index (χ1n) is 8.53. The molecule has 1 N–H and O–H groups in total. The predicted octanol–water partition coefficient (Wildman–Crippen LogP) is 5.33. The number of unbranched alkanes of at least 4 members (excludes halogenated alkanes) is 2. The van der Waals surface area contributed by atoms with Gasteiger partial charge in [0.1, 0.15) is 0 Å². The summed E-state index contributed by atoms with van der Waals surface area (Å²) in [5, 5.41) is 3.97. The molecule has 2 rings (SSSR count). The topological polar surface area (TPSA) is 12.0 Å². The van der Waals surface area contributed by atoms with Gasteiger partial charge in [-0.05, 0) is 36.7 Å². The van der Waals surface area contributed by atoms with Crippen molar-refractivity contribution in [2.24, 2.45) is 11.8 Å². The van der Waals surface area contributed by atoms with E-state index in [0.29, 0.717) is 12.1 Å². The van der Waals surface area contributed by atoms with Crippen molar-refractivity contribution in [3.05, 3.63) is 35.9 Å². The minimum Gasteiger partial charge on any atom is -0.307 e. The van der Waals surface area contributed by atoms with E-state index in [4.69, 9.17) is 0 Å². The SMILES string of the molecule is CCCCCC(NC1CCC(C)C1C)c1ccccc1. The van der Waals surface area contributed by atoms with E-state index in [-0.39, 0.29) is 0 Å². The smallest absolute Gasteiger partial charge is 0.0322 e. The standard InChI is InChI=1S/C19H31N/c1-4-5-7-12-19(17-10-8-6-9-11-17)20-18-14-13-15(2)16(18)3/h6,8-11,15-16,18-20H,4-5,7,12-14H2,1-3H3. The third-order valence-electron chi connectivity index (χ3n) is 5.18. The van der Waals surface area contributed by atoms with E-state index >= 15 is 0 Å². The molecule has 4 unspecified atom stereocenters. The summed E-state index contributed by atoms with van der Waals surface area (Å²) in [5.41, 5.74) is 1.47.